The molecule has 2 saturated carbocycles. The molecular weight excluding hydrogens is 292 g/mol. The standard InChI is InChI=1S/C19H32O4/c1-3-4-5-6-7-8-14(20)9-10-15-16(21)11-12-19(23)17(15)13(2)18(19)22/h9-10,13-17,20-21,23H,3-8,11-12H2,1-2H3/t13?,14-,15+,16-,17-,19-/m0/s1. The lowest BCUT2D eigenvalue weighted by atomic mass is 9.50. The summed E-state index contributed by atoms with van der Waals surface area (Å²) in [6.07, 6.45) is 9.85. The van der Waals surface area contributed by atoms with Gasteiger partial charge in [0.05, 0.1) is 12.2 Å². The molecule has 4 nitrogen and oxygen atoms in total. The van der Waals surface area contributed by atoms with Crippen LogP contribution >= 0.6 is 0 Å². The van der Waals surface area contributed by atoms with Crippen LogP contribution in [0.15, 0.2) is 12.2 Å². The minimum atomic E-state index is -1.25. The van der Waals surface area contributed by atoms with Gasteiger partial charge in [0.15, 0.2) is 5.78 Å². The Labute approximate surface area is 139 Å². The summed E-state index contributed by atoms with van der Waals surface area (Å²) in [7, 11) is 0. The van der Waals surface area contributed by atoms with Crippen molar-refractivity contribution in [2.24, 2.45) is 17.8 Å². The zero-order chi connectivity index (χ0) is 17.0. The van der Waals surface area contributed by atoms with Crippen molar-refractivity contribution in [3.8, 4) is 0 Å². The first-order valence-electron chi connectivity index (χ1n) is 9.23. The molecule has 4 heteroatoms. The van der Waals surface area contributed by atoms with Gasteiger partial charge in [0.2, 0.25) is 0 Å². The number of Topliss-reactive ketones (excluding diaryl/α,β-unsaturated/α-hetero) is 1. The van der Waals surface area contributed by atoms with Gasteiger partial charge in [-0.25, -0.2) is 0 Å². The topological polar surface area (TPSA) is 77.8 Å². The van der Waals surface area contributed by atoms with E-state index < -0.39 is 17.8 Å². The molecule has 2 aliphatic carbocycles. The first kappa shape index (κ1) is 18.6. The third-order valence-corrected chi connectivity index (χ3v) is 5.77. The molecule has 132 valence electrons. The Morgan fingerprint density at radius 3 is 2.70 bits per heavy atom. The van der Waals surface area contributed by atoms with Crippen LogP contribution < -0.4 is 0 Å². The minimum absolute atomic E-state index is 0.0933. The van der Waals surface area contributed by atoms with Crippen molar-refractivity contribution in [2.75, 3.05) is 0 Å². The maximum Gasteiger partial charge on any atom is 0.167 e. The van der Waals surface area contributed by atoms with Crippen LogP contribution in [0.25, 0.3) is 0 Å². The van der Waals surface area contributed by atoms with Crippen molar-refractivity contribution in [1.29, 1.82) is 0 Å². The number of aliphatic hydroxyl groups is 3. The molecule has 6 atom stereocenters. The van der Waals surface area contributed by atoms with E-state index in [1.807, 2.05) is 13.0 Å². The molecule has 0 aromatic rings. The molecular formula is C19H32O4. The van der Waals surface area contributed by atoms with Crippen LogP contribution in [0.3, 0.4) is 0 Å². The van der Waals surface area contributed by atoms with E-state index in [9.17, 15) is 20.1 Å². The molecule has 0 amide bonds. The van der Waals surface area contributed by atoms with Crippen LogP contribution in [0.2, 0.25) is 0 Å². The predicted molar refractivity (Wildman–Crippen MR) is 89.9 cm³/mol. The van der Waals surface area contributed by atoms with Gasteiger partial charge >= 0.3 is 0 Å². The molecule has 2 aliphatic rings. The highest BCUT2D eigenvalue weighted by molar-refractivity contribution is 5.96. The minimum Gasteiger partial charge on any atom is -0.393 e. The second-order valence-corrected chi connectivity index (χ2v) is 7.44. The largest absolute Gasteiger partial charge is 0.393 e. The van der Waals surface area contributed by atoms with E-state index in [-0.39, 0.29) is 23.5 Å². The molecule has 0 aromatic carbocycles. The van der Waals surface area contributed by atoms with Crippen LogP contribution in [0, 0.1) is 17.8 Å². The van der Waals surface area contributed by atoms with E-state index in [0.717, 1.165) is 19.3 Å². The Morgan fingerprint density at radius 2 is 2.00 bits per heavy atom. The number of ketones is 1. The van der Waals surface area contributed by atoms with Crippen LogP contribution in [0.1, 0.15) is 65.2 Å². The molecule has 0 spiro atoms. The van der Waals surface area contributed by atoms with Gasteiger partial charge in [0.1, 0.15) is 5.60 Å². The lowest BCUT2D eigenvalue weighted by Gasteiger charge is -2.56. The van der Waals surface area contributed by atoms with Crippen LogP contribution in [0.4, 0.5) is 0 Å². The molecule has 23 heavy (non-hydrogen) atoms. The number of aliphatic hydroxyl groups excluding tert-OH is 2. The fourth-order valence-electron chi connectivity index (χ4n) is 4.34. The quantitative estimate of drug-likeness (QED) is 0.474. The van der Waals surface area contributed by atoms with Crippen molar-refractivity contribution in [3.63, 3.8) is 0 Å². The van der Waals surface area contributed by atoms with E-state index in [2.05, 4.69) is 6.92 Å². The van der Waals surface area contributed by atoms with E-state index >= 15 is 0 Å². The Bertz CT molecular complexity index is 433. The molecule has 1 unspecified atom stereocenters. The SMILES string of the molecule is CCCCCCC[C@H](O)C=C[C@@H]1[C@@H](O)CC[C@@]2(O)C(=O)C(C)[C@@H]12. The molecule has 0 aromatic heterocycles. The maximum absolute atomic E-state index is 11.9. The average molecular weight is 324 g/mol. The summed E-state index contributed by atoms with van der Waals surface area (Å²) >= 11 is 0. The van der Waals surface area contributed by atoms with Gasteiger partial charge < -0.3 is 15.3 Å². The summed E-state index contributed by atoms with van der Waals surface area (Å²) in [5, 5.41) is 30.8. The van der Waals surface area contributed by atoms with Crippen LogP contribution in [0.5, 0.6) is 0 Å². The number of fused-ring (bicyclic) bond motifs is 1. The highest BCUT2D eigenvalue weighted by Crippen LogP contribution is 2.52. The van der Waals surface area contributed by atoms with Crippen molar-refractivity contribution >= 4 is 5.78 Å². The lowest BCUT2D eigenvalue weighted by molar-refractivity contribution is -0.197. The maximum atomic E-state index is 11.9. The van der Waals surface area contributed by atoms with E-state index in [0.29, 0.717) is 12.8 Å². The summed E-state index contributed by atoms with van der Waals surface area (Å²) in [6.45, 7) is 4.00. The predicted octanol–water partition coefficient (Wildman–Crippen LogP) is 2.60. The van der Waals surface area contributed by atoms with Gasteiger partial charge in [0.25, 0.3) is 0 Å². The first-order chi connectivity index (χ1) is 10.9. The summed E-state index contributed by atoms with van der Waals surface area (Å²) in [4.78, 5) is 11.9. The monoisotopic (exact) mass is 324 g/mol. The molecule has 0 heterocycles. The van der Waals surface area contributed by atoms with Gasteiger partial charge in [-0.15, -0.1) is 0 Å². The van der Waals surface area contributed by atoms with E-state index in [4.69, 9.17) is 0 Å². The fourth-order valence-corrected chi connectivity index (χ4v) is 4.34. The number of carbonyl (C=O) groups is 1. The molecule has 2 fully saturated rings. The second kappa shape index (κ2) is 7.91. The fraction of sp³-hybridized carbons (Fsp3) is 0.842. The highest BCUT2D eigenvalue weighted by atomic mass is 16.3. The summed E-state index contributed by atoms with van der Waals surface area (Å²) in [5.74, 6) is -0.761. The first-order valence-corrected chi connectivity index (χ1v) is 9.23. The molecule has 3 N–H and O–H groups in total. The zero-order valence-corrected chi connectivity index (χ0v) is 14.4. The Kier molecular flexibility index (Phi) is 6.40. The lowest BCUT2D eigenvalue weighted by Crippen LogP contribution is -2.68. The summed E-state index contributed by atoms with van der Waals surface area (Å²) < 4.78 is 0. The number of unbranched alkanes of at least 4 members (excludes halogenated alkanes) is 4. The van der Waals surface area contributed by atoms with Crippen LogP contribution in [-0.2, 0) is 4.79 Å². The van der Waals surface area contributed by atoms with Crippen molar-refractivity contribution < 1.29 is 20.1 Å². The van der Waals surface area contributed by atoms with Crippen LogP contribution in [-0.4, -0.2) is 38.9 Å². The molecule has 2 rings (SSSR count). The summed E-state index contributed by atoms with van der Waals surface area (Å²) in [6, 6.07) is 0. The number of hydrogen-bond acceptors (Lipinski definition) is 4. The zero-order valence-electron chi connectivity index (χ0n) is 14.4. The highest BCUT2D eigenvalue weighted by Gasteiger charge is 2.63. The van der Waals surface area contributed by atoms with Crippen molar-refractivity contribution in [3.05, 3.63) is 12.2 Å². The molecule has 0 saturated heterocycles. The smallest absolute Gasteiger partial charge is 0.167 e. The molecule has 0 radical (unpaired) electrons. The second-order valence-electron chi connectivity index (χ2n) is 7.44. The summed E-state index contributed by atoms with van der Waals surface area (Å²) in [5.41, 5.74) is -1.25. The van der Waals surface area contributed by atoms with Gasteiger partial charge in [-0.3, -0.25) is 4.79 Å². The Morgan fingerprint density at radius 1 is 1.30 bits per heavy atom. The normalized spacial score (nSPS) is 38.4. The number of rotatable bonds is 8. The number of carbonyl (C=O) groups excluding carboxylic acids is 1. The van der Waals surface area contributed by atoms with Gasteiger partial charge in [-0.1, -0.05) is 58.1 Å². The Balaban J connectivity index is 1.86. The van der Waals surface area contributed by atoms with Crippen molar-refractivity contribution in [2.45, 2.75) is 83.0 Å². The van der Waals surface area contributed by atoms with Crippen molar-refractivity contribution in [1.82, 2.24) is 0 Å². The van der Waals surface area contributed by atoms with E-state index in [1.165, 1.54) is 19.3 Å². The molecule has 0 bridgehead atoms. The van der Waals surface area contributed by atoms with Gasteiger partial charge in [-0.2, -0.15) is 0 Å². The third kappa shape index (κ3) is 3.86. The van der Waals surface area contributed by atoms with E-state index in [1.54, 1.807) is 6.08 Å². The molecule has 0 aliphatic heterocycles. The average Bonchev–Trinajstić information content (AvgIpc) is 2.54. The van der Waals surface area contributed by atoms with Gasteiger partial charge in [0, 0.05) is 17.8 Å². The van der Waals surface area contributed by atoms with Gasteiger partial charge in [-0.05, 0) is 19.3 Å². The Hall–Kier alpha value is -0.710. The third-order valence-electron chi connectivity index (χ3n) is 5.77. The number of hydrogen-bond donors (Lipinski definition) is 3.